The summed E-state index contributed by atoms with van der Waals surface area (Å²) < 4.78 is 14.9. The third-order valence-electron chi connectivity index (χ3n) is 4.97. The van der Waals surface area contributed by atoms with Gasteiger partial charge in [-0.3, -0.25) is 29.5 Å². The van der Waals surface area contributed by atoms with Crippen LogP contribution in [-0.2, 0) is 4.74 Å². The molecule has 1 aromatic heterocycles. The summed E-state index contributed by atoms with van der Waals surface area (Å²) in [6.07, 6.45) is 5.02. The summed E-state index contributed by atoms with van der Waals surface area (Å²) in [5.74, 6) is 0. The number of halogens is 1. The van der Waals surface area contributed by atoms with Gasteiger partial charge in [-0.15, -0.1) is 0 Å². The molecule has 2 aromatic rings. The Morgan fingerprint density at radius 3 is 2.38 bits per heavy atom. The Morgan fingerprint density at radius 2 is 1.81 bits per heavy atom. The van der Waals surface area contributed by atoms with E-state index in [1.165, 1.54) is 0 Å². The average Bonchev–Trinajstić information content (AvgIpc) is 2.86. The number of carbonyl (C=O) groups is 1. The van der Waals surface area contributed by atoms with Gasteiger partial charge in [0, 0.05) is 31.9 Å². The van der Waals surface area contributed by atoms with Gasteiger partial charge in [0.2, 0.25) is 0 Å². The van der Waals surface area contributed by atoms with Gasteiger partial charge in [-0.1, -0.05) is 38.1 Å². The van der Waals surface area contributed by atoms with Crippen molar-refractivity contribution >= 4 is 29.8 Å². The number of aryl methyl sites for hydroxylation is 1. The molecular weight excluding hydrogens is 407 g/mol. The number of aromatic nitrogens is 1. The van der Waals surface area contributed by atoms with Crippen molar-refractivity contribution in [2.45, 2.75) is 27.7 Å². The van der Waals surface area contributed by atoms with Crippen LogP contribution in [0.3, 0.4) is 0 Å². The van der Waals surface area contributed by atoms with Gasteiger partial charge in [0.05, 0.1) is 48.4 Å². The molecule has 1 aliphatic rings. The fourth-order valence-electron chi connectivity index (χ4n) is 3.35. The summed E-state index contributed by atoms with van der Waals surface area (Å²) in [5.41, 5.74) is 6.49. The van der Waals surface area contributed by atoms with E-state index in [2.05, 4.69) is 16.4 Å². The number of ether oxygens (including phenoxy) is 1. The summed E-state index contributed by atoms with van der Waals surface area (Å²) in [6.45, 7) is 12.1. The van der Waals surface area contributed by atoms with Gasteiger partial charge in [0.15, 0.2) is 6.29 Å². The zero-order valence-electron chi connectivity index (χ0n) is 20.2. The second kappa shape index (κ2) is 15.1. The van der Waals surface area contributed by atoms with Crippen LogP contribution >= 0.6 is 0 Å². The molecular formula is C25H37FN4O2. The van der Waals surface area contributed by atoms with Crippen LogP contribution < -0.4 is 21.0 Å². The number of pyridine rings is 1. The average molecular weight is 445 g/mol. The lowest BCUT2D eigenvalue weighted by molar-refractivity contribution is 0.0449. The standard InChI is InChI=1S/C22H28N4O2.C2H6.CH3F/c1-4-19-21(10-11-26-12-14-28-15-13-26)23-17(2)20(16-27)22(19)24-25(3)18-8-6-5-7-9-18;2*1-2/h4-10,16,24H,11-15H2,1-3H3;1-2H3;1H3/b19-4+,21-10+;;. The first kappa shape index (κ1) is 27.3. The molecule has 0 radical (unpaired) electrons. The smallest absolute Gasteiger partial charge is 0.154 e. The van der Waals surface area contributed by atoms with E-state index in [1.54, 1.807) is 0 Å². The fourth-order valence-corrected chi connectivity index (χ4v) is 3.35. The van der Waals surface area contributed by atoms with Crippen molar-refractivity contribution in [1.29, 1.82) is 0 Å². The topological polar surface area (TPSA) is 57.7 Å². The third kappa shape index (κ3) is 7.43. The maximum Gasteiger partial charge on any atom is 0.154 e. The number of anilines is 2. The van der Waals surface area contributed by atoms with E-state index in [0.29, 0.717) is 12.7 Å². The molecule has 1 N–H and O–H groups in total. The number of nitrogens with zero attached hydrogens (tertiary/aromatic N) is 3. The number of morpholine rings is 1. The number of hydrogen-bond donors (Lipinski definition) is 1. The highest BCUT2D eigenvalue weighted by Gasteiger charge is 2.13. The van der Waals surface area contributed by atoms with E-state index >= 15 is 0 Å². The predicted molar refractivity (Wildman–Crippen MR) is 132 cm³/mol. The van der Waals surface area contributed by atoms with Crippen molar-refractivity contribution in [3.63, 3.8) is 0 Å². The fraction of sp³-hybridized carbons (Fsp3) is 0.440. The van der Waals surface area contributed by atoms with Crippen LogP contribution in [0.4, 0.5) is 15.8 Å². The Kier molecular flexibility index (Phi) is 12.9. The molecule has 1 aliphatic heterocycles. The van der Waals surface area contributed by atoms with Crippen molar-refractivity contribution in [2.75, 3.05) is 57.5 Å². The molecule has 0 bridgehead atoms. The highest BCUT2D eigenvalue weighted by Crippen LogP contribution is 2.15. The number of nitrogens with one attached hydrogen (secondary N) is 1. The molecule has 176 valence electrons. The van der Waals surface area contributed by atoms with E-state index in [4.69, 9.17) is 9.72 Å². The molecule has 1 saturated heterocycles. The van der Waals surface area contributed by atoms with Crippen molar-refractivity contribution < 1.29 is 13.9 Å². The second-order valence-electron chi connectivity index (χ2n) is 6.81. The number of alkyl halides is 1. The van der Waals surface area contributed by atoms with Gasteiger partial charge >= 0.3 is 0 Å². The second-order valence-corrected chi connectivity index (χ2v) is 6.81. The van der Waals surface area contributed by atoms with E-state index in [9.17, 15) is 9.18 Å². The summed E-state index contributed by atoms with van der Waals surface area (Å²) in [4.78, 5) is 18.9. The number of carbonyl (C=O) groups excluding carboxylic acids is 1. The SMILES string of the molecule is C/C=c1/c(NN(C)c2ccccc2)c(C=O)c(C)n/c1=C/CN1CCOCC1.CC.CF. The molecule has 0 atom stereocenters. The maximum absolute atomic E-state index is 11.8. The number of aldehydes is 1. The lowest BCUT2D eigenvalue weighted by Gasteiger charge is -2.25. The number of rotatable bonds is 6. The Balaban J connectivity index is 0.00000121. The summed E-state index contributed by atoms with van der Waals surface area (Å²) in [5, 5.41) is 3.74. The molecule has 1 fully saturated rings. The normalized spacial score (nSPS) is 14.6. The molecule has 6 nitrogen and oxygen atoms in total. The minimum absolute atomic E-state index is 0.500. The molecule has 0 amide bonds. The minimum atomic E-state index is 0.500. The summed E-state index contributed by atoms with van der Waals surface area (Å²) in [7, 11) is 2.44. The largest absolute Gasteiger partial charge is 0.379 e. The van der Waals surface area contributed by atoms with Crippen LogP contribution in [0, 0.1) is 6.92 Å². The minimum Gasteiger partial charge on any atom is -0.379 e. The summed E-state index contributed by atoms with van der Waals surface area (Å²) in [6, 6.07) is 9.99. The van der Waals surface area contributed by atoms with Crippen LogP contribution in [0.25, 0.3) is 12.2 Å². The molecule has 0 saturated carbocycles. The maximum atomic E-state index is 11.8. The predicted octanol–water partition coefficient (Wildman–Crippen LogP) is 3.19. The Labute approximate surface area is 191 Å². The van der Waals surface area contributed by atoms with Crippen LogP contribution in [0.15, 0.2) is 30.3 Å². The van der Waals surface area contributed by atoms with Crippen molar-refractivity contribution in [2.24, 2.45) is 0 Å². The van der Waals surface area contributed by atoms with E-state index in [-0.39, 0.29) is 0 Å². The third-order valence-corrected chi connectivity index (χ3v) is 4.97. The number of hydrogen-bond acceptors (Lipinski definition) is 6. The molecule has 2 heterocycles. The molecule has 1 aromatic carbocycles. The van der Waals surface area contributed by atoms with E-state index in [1.807, 2.05) is 76.2 Å². The molecule has 3 rings (SSSR count). The zero-order chi connectivity index (χ0) is 23.9. The summed E-state index contributed by atoms with van der Waals surface area (Å²) >= 11 is 0. The van der Waals surface area contributed by atoms with Crippen molar-refractivity contribution in [3.05, 3.63) is 52.2 Å². The van der Waals surface area contributed by atoms with Crippen LogP contribution in [0.5, 0.6) is 0 Å². The van der Waals surface area contributed by atoms with Gasteiger partial charge in [0.1, 0.15) is 0 Å². The number of benzene rings is 1. The van der Waals surface area contributed by atoms with Crippen LogP contribution in [-0.4, -0.2) is 63.2 Å². The number of para-hydroxylation sites is 1. The molecule has 0 spiro atoms. The van der Waals surface area contributed by atoms with Gasteiger partial charge in [-0.25, -0.2) is 0 Å². The van der Waals surface area contributed by atoms with Gasteiger partial charge in [-0.05, 0) is 32.1 Å². The van der Waals surface area contributed by atoms with E-state index < -0.39 is 0 Å². The van der Waals surface area contributed by atoms with Gasteiger partial charge in [-0.2, -0.15) is 0 Å². The Hall–Kier alpha value is -2.77. The quantitative estimate of drug-likeness (QED) is 0.546. The van der Waals surface area contributed by atoms with Gasteiger partial charge in [0.25, 0.3) is 0 Å². The highest BCUT2D eigenvalue weighted by atomic mass is 19.1. The Bertz CT molecular complexity index is 929. The Morgan fingerprint density at radius 1 is 1.19 bits per heavy atom. The lowest BCUT2D eigenvalue weighted by Crippen LogP contribution is -2.40. The van der Waals surface area contributed by atoms with Crippen molar-refractivity contribution in [3.8, 4) is 0 Å². The van der Waals surface area contributed by atoms with Crippen LogP contribution in [0.1, 0.15) is 36.8 Å². The number of hydrazine groups is 1. The molecule has 0 unspecified atom stereocenters. The van der Waals surface area contributed by atoms with Crippen LogP contribution in [0.2, 0.25) is 0 Å². The van der Waals surface area contributed by atoms with Gasteiger partial charge < -0.3 is 4.74 Å². The molecule has 7 heteroatoms. The highest BCUT2D eigenvalue weighted by molar-refractivity contribution is 5.86. The monoisotopic (exact) mass is 444 g/mol. The first-order valence-corrected chi connectivity index (χ1v) is 11.0. The van der Waals surface area contributed by atoms with Crippen molar-refractivity contribution in [1.82, 2.24) is 9.88 Å². The van der Waals surface area contributed by atoms with E-state index in [0.717, 1.165) is 66.8 Å². The first-order chi connectivity index (χ1) is 15.6. The molecule has 0 aliphatic carbocycles. The zero-order valence-corrected chi connectivity index (χ0v) is 20.2. The first-order valence-electron chi connectivity index (χ1n) is 11.0. The lowest BCUT2D eigenvalue weighted by atomic mass is 10.1. The molecule has 32 heavy (non-hydrogen) atoms.